The van der Waals surface area contributed by atoms with Crippen molar-refractivity contribution in [3.8, 4) is 5.75 Å². The summed E-state index contributed by atoms with van der Waals surface area (Å²) in [4.78, 5) is 0. The third kappa shape index (κ3) is 3.93. The summed E-state index contributed by atoms with van der Waals surface area (Å²) in [6.45, 7) is 1.78. The lowest BCUT2D eigenvalue weighted by Gasteiger charge is -2.18. The third-order valence-electron chi connectivity index (χ3n) is 2.51. The Morgan fingerprint density at radius 2 is 2.05 bits per heavy atom. The third-order valence-corrected chi connectivity index (χ3v) is 3.00. The highest BCUT2D eigenvalue weighted by Crippen LogP contribution is 2.34. The first kappa shape index (κ1) is 14.8. The molecule has 0 radical (unpaired) electrons. The van der Waals surface area contributed by atoms with Crippen LogP contribution in [0.15, 0.2) is 45.5 Å². The van der Waals surface area contributed by atoms with E-state index in [1.165, 1.54) is 18.4 Å². The normalized spacial score (nSPS) is 13.1. The van der Waals surface area contributed by atoms with Crippen LogP contribution in [0.1, 0.15) is 18.7 Å². The maximum absolute atomic E-state index is 12.4. The maximum Gasteiger partial charge on any atom is 0.573 e. The van der Waals surface area contributed by atoms with Gasteiger partial charge >= 0.3 is 6.36 Å². The molecule has 0 saturated heterocycles. The van der Waals surface area contributed by atoms with Crippen LogP contribution in [0.3, 0.4) is 0 Å². The zero-order valence-corrected chi connectivity index (χ0v) is 12.0. The van der Waals surface area contributed by atoms with Crippen molar-refractivity contribution in [1.82, 2.24) is 0 Å². The Kier molecular flexibility index (Phi) is 4.27. The molecule has 1 aromatic heterocycles. The molecule has 1 N–H and O–H groups in total. The summed E-state index contributed by atoms with van der Waals surface area (Å²) >= 11 is 3.12. The van der Waals surface area contributed by atoms with Crippen LogP contribution in [0.25, 0.3) is 0 Å². The molecule has 0 spiro atoms. The van der Waals surface area contributed by atoms with Gasteiger partial charge in [-0.1, -0.05) is 15.9 Å². The summed E-state index contributed by atoms with van der Waals surface area (Å²) in [5.74, 6) is 0.316. The Balaban J connectivity index is 2.22. The number of rotatable bonds is 4. The number of anilines is 1. The summed E-state index contributed by atoms with van der Waals surface area (Å²) < 4.78 is 46.8. The fourth-order valence-electron chi connectivity index (χ4n) is 1.67. The van der Waals surface area contributed by atoms with Gasteiger partial charge in [-0.2, -0.15) is 0 Å². The quantitative estimate of drug-likeness (QED) is 0.832. The van der Waals surface area contributed by atoms with Gasteiger partial charge < -0.3 is 14.5 Å². The Labute approximate surface area is 121 Å². The predicted octanol–water partition coefficient (Wildman–Crippen LogP) is 5.11. The minimum Gasteiger partial charge on any atom is -0.467 e. The molecule has 2 rings (SSSR count). The number of nitrogens with one attached hydrogen (secondary N) is 1. The number of hydrogen-bond donors (Lipinski definition) is 1. The van der Waals surface area contributed by atoms with E-state index >= 15 is 0 Å². The van der Waals surface area contributed by atoms with Gasteiger partial charge in [-0.15, -0.1) is 13.2 Å². The van der Waals surface area contributed by atoms with Crippen LogP contribution < -0.4 is 10.1 Å². The van der Waals surface area contributed by atoms with Crippen LogP contribution in [-0.2, 0) is 0 Å². The Morgan fingerprint density at radius 3 is 2.65 bits per heavy atom. The average molecular weight is 350 g/mol. The lowest BCUT2D eigenvalue weighted by atomic mass is 10.2. The van der Waals surface area contributed by atoms with Gasteiger partial charge in [0.2, 0.25) is 0 Å². The monoisotopic (exact) mass is 349 g/mol. The lowest BCUT2D eigenvalue weighted by molar-refractivity contribution is -0.274. The van der Waals surface area contributed by atoms with E-state index in [0.717, 1.165) is 0 Å². The average Bonchev–Trinajstić information content (AvgIpc) is 2.84. The molecule has 1 unspecified atom stereocenters. The molecular weight excluding hydrogens is 339 g/mol. The highest BCUT2D eigenvalue weighted by atomic mass is 79.9. The molecule has 1 aromatic carbocycles. The van der Waals surface area contributed by atoms with Gasteiger partial charge in [-0.05, 0) is 37.3 Å². The van der Waals surface area contributed by atoms with Gasteiger partial charge in [0.05, 0.1) is 18.0 Å². The van der Waals surface area contributed by atoms with Crippen LogP contribution in [-0.4, -0.2) is 6.36 Å². The minimum absolute atomic E-state index is 0.231. The molecule has 0 saturated carbocycles. The van der Waals surface area contributed by atoms with E-state index < -0.39 is 6.36 Å². The molecule has 0 amide bonds. The van der Waals surface area contributed by atoms with Crippen molar-refractivity contribution < 1.29 is 22.3 Å². The Bertz CT molecular complexity index is 569. The van der Waals surface area contributed by atoms with Crippen molar-refractivity contribution >= 4 is 21.6 Å². The number of furan rings is 1. The highest BCUT2D eigenvalue weighted by Gasteiger charge is 2.32. The van der Waals surface area contributed by atoms with Crippen LogP contribution >= 0.6 is 15.9 Å². The number of benzene rings is 1. The van der Waals surface area contributed by atoms with Gasteiger partial charge in [0, 0.05) is 4.47 Å². The van der Waals surface area contributed by atoms with Crippen molar-refractivity contribution in [2.75, 3.05) is 5.32 Å². The standard InChI is InChI=1S/C13H11BrF3NO2/c1-8(11-3-2-6-19-11)18-10-5-4-9(14)7-12(10)20-13(15,16)17/h2-8,18H,1H3. The number of ether oxygens (including phenoxy) is 1. The first-order valence-corrected chi connectivity index (χ1v) is 6.50. The molecule has 0 bridgehead atoms. The van der Waals surface area contributed by atoms with Gasteiger partial charge in [0.15, 0.2) is 5.75 Å². The van der Waals surface area contributed by atoms with Crippen molar-refractivity contribution in [3.05, 3.63) is 46.8 Å². The first-order valence-electron chi connectivity index (χ1n) is 5.70. The molecule has 1 heterocycles. The van der Waals surface area contributed by atoms with E-state index in [-0.39, 0.29) is 17.5 Å². The summed E-state index contributed by atoms with van der Waals surface area (Å²) in [5, 5.41) is 2.92. The summed E-state index contributed by atoms with van der Waals surface area (Å²) in [7, 11) is 0. The van der Waals surface area contributed by atoms with Crippen molar-refractivity contribution in [3.63, 3.8) is 0 Å². The molecular formula is C13H11BrF3NO2. The van der Waals surface area contributed by atoms with Crippen LogP contribution in [0.5, 0.6) is 5.75 Å². The summed E-state index contributed by atoms with van der Waals surface area (Å²) in [6, 6.07) is 7.54. The van der Waals surface area contributed by atoms with E-state index in [2.05, 4.69) is 26.0 Å². The fraction of sp³-hybridized carbons (Fsp3) is 0.231. The van der Waals surface area contributed by atoms with Gasteiger partial charge in [0.1, 0.15) is 5.76 Å². The first-order chi connectivity index (χ1) is 9.35. The highest BCUT2D eigenvalue weighted by molar-refractivity contribution is 9.10. The van der Waals surface area contributed by atoms with Gasteiger partial charge in [-0.25, -0.2) is 0 Å². The molecule has 2 aromatic rings. The van der Waals surface area contributed by atoms with Crippen LogP contribution in [0.2, 0.25) is 0 Å². The number of hydrogen-bond acceptors (Lipinski definition) is 3. The molecule has 0 aliphatic heterocycles. The van der Waals surface area contributed by atoms with E-state index in [1.54, 1.807) is 25.1 Å². The fourth-order valence-corrected chi connectivity index (χ4v) is 2.01. The second kappa shape index (κ2) is 5.78. The molecule has 0 fully saturated rings. The van der Waals surface area contributed by atoms with Gasteiger partial charge in [-0.3, -0.25) is 0 Å². The van der Waals surface area contributed by atoms with Gasteiger partial charge in [0.25, 0.3) is 0 Å². The predicted molar refractivity (Wildman–Crippen MR) is 71.6 cm³/mol. The molecule has 3 nitrogen and oxygen atoms in total. The maximum atomic E-state index is 12.4. The van der Waals surface area contributed by atoms with Crippen LogP contribution in [0, 0.1) is 0 Å². The summed E-state index contributed by atoms with van der Waals surface area (Å²) in [5.41, 5.74) is 0.231. The van der Waals surface area contributed by atoms with Crippen molar-refractivity contribution in [1.29, 1.82) is 0 Å². The van der Waals surface area contributed by atoms with E-state index in [9.17, 15) is 13.2 Å². The number of halogens is 4. The molecule has 1 atom stereocenters. The summed E-state index contributed by atoms with van der Waals surface area (Å²) in [6.07, 6.45) is -3.24. The Morgan fingerprint density at radius 1 is 1.30 bits per heavy atom. The Hall–Kier alpha value is -1.63. The zero-order valence-electron chi connectivity index (χ0n) is 10.4. The molecule has 0 aliphatic rings. The minimum atomic E-state index is -4.74. The topological polar surface area (TPSA) is 34.4 Å². The van der Waals surface area contributed by atoms with Crippen molar-refractivity contribution in [2.45, 2.75) is 19.3 Å². The van der Waals surface area contributed by atoms with Crippen LogP contribution in [0.4, 0.5) is 18.9 Å². The smallest absolute Gasteiger partial charge is 0.467 e. The second-order valence-electron chi connectivity index (χ2n) is 4.07. The number of alkyl halides is 3. The van der Waals surface area contributed by atoms with E-state index in [4.69, 9.17) is 4.42 Å². The zero-order chi connectivity index (χ0) is 14.8. The molecule has 108 valence electrons. The largest absolute Gasteiger partial charge is 0.573 e. The second-order valence-corrected chi connectivity index (χ2v) is 4.99. The van der Waals surface area contributed by atoms with E-state index in [1.807, 2.05) is 0 Å². The molecule has 20 heavy (non-hydrogen) atoms. The molecule has 7 heteroatoms. The lowest BCUT2D eigenvalue weighted by Crippen LogP contribution is -2.18. The van der Waals surface area contributed by atoms with Crippen molar-refractivity contribution in [2.24, 2.45) is 0 Å². The SMILES string of the molecule is CC(Nc1ccc(Br)cc1OC(F)(F)F)c1ccco1. The van der Waals surface area contributed by atoms with E-state index in [0.29, 0.717) is 10.2 Å². The molecule has 0 aliphatic carbocycles.